The molecule has 0 saturated heterocycles. The number of sulfone groups is 1. The van der Waals surface area contributed by atoms with Crippen molar-refractivity contribution in [3.8, 4) is 10.4 Å². The number of hydrogen-bond acceptors (Lipinski definition) is 6. The minimum atomic E-state index is -3.26. The van der Waals surface area contributed by atoms with E-state index in [2.05, 4.69) is 5.10 Å². The molecule has 0 aliphatic rings. The fourth-order valence-electron chi connectivity index (χ4n) is 2.62. The Bertz CT molecular complexity index is 1200. The molecule has 0 atom stereocenters. The summed E-state index contributed by atoms with van der Waals surface area (Å²) in [6, 6.07) is 10.3. The maximum absolute atomic E-state index is 12.7. The van der Waals surface area contributed by atoms with Gasteiger partial charge in [-0.05, 0) is 29.8 Å². The van der Waals surface area contributed by atoms with Crippen molar-refractivity contribution >= 4 is 21.2 Å². The van der Waals surface area contributed by atoms with Gasteiger partial charge in [-0.25, -0.2) is 17.9 Å². The van der Waals surface area contributed by atoms with E-state index in [9.17, 15) is 22.0 Å². The van der Waals surface area contributed by atoms with E-state index < -0.39 is 21.6 Å². The molecule has 0 radical (unpaired) electrons. The topological polar surface area (TPSA) is 100.0 Å². The number of nitrogens with zero attached hydrogens (tertiary/aromatic N) is 3. The molecule has 0 amide bonds. The average Bonchev–Trinajstić information content (AvgIpc) is 3.27. The molecule has 7 nitrogen and oxygen atoms in total. The lowest BCUT2D eigenvalue weighted by Gasteiger charge is -2.02. The van der Waals surface area contributed by atoms with Crippen LogP contribution in [0.1, 0.15) is 4.88 Å². The Balaban J connectivity index is 1.77. The Kier molecular flexibility index (Phi) is 6.10. The molecule has 11 heteroatoms. The molecule has 2 aromatic heterocycles. The van der Waals surface area contributed by atoms with E-state index in [1.807, 2.05) is 12.1 Å². The standard InChI is InChI=1S/C18H18F2N4O3S2/c1-29(26,27)15-5-2-12(3-6-15)16-7-4-14(28-16)10-23-11-22-24(18(23)25)9-13(8-21)17(19)20/h2-7,11H,8-10,21H2,1H3. The van der Waals surface area contributed by atoms with E-state index in [0.29, 0.717) is 0 Å². The zero-order chi connectivity index (χ0) is 21.2. The first-order chi connectivity index (χ1) is 13.7. The maximum Gasteiger partial charge on any atom is 0.346 e. The molecule has 0 aliphatic carbocycles. The van der Waals surface area contributed by atoms with Crippen LogP contribution in [0.3, 0.4) is 0 Å². The quantitative estimate of drug-likeness (QED) is 0.608. The van der Waals surface area contributed by atoms with Gasteiger partial charge in [0.2, 0.25) is 0 Å². The first kappa shape index (κ1) is 21.1. The predicted molar refractivity (Wildman–Crippen MR) is 107 cm³/mol. The summed E-state index contributed by atoms with van der Waals surface area (Å²) in [6.45, 7) is -0.466. The normalized spacial score (nSPS) is 11.6. The Morgan fingerprint density at radius 2 is 1.86 bits per heavy atom. The third-order valence-corrected chi connectivity index (χ3v) is 6.45. The molecule has 2 heterocycles. The van der Waals surface area contributed by atoms with Crippen LogP contribution in [-0.2, 0) is 22.9 Å². The lowest BCUT2D eigenvalue weighted by molar-refractivity contribution is 0.400. The van der Waals surface area contributed by atoms with Gasteiger partial charge in [-0.15, -0.1) is 11.3 Å². The van der Waals surface area contributed by atoms with E-state index in [1.165, 1.54) is 22.2 Å². The van der Waals surface area contributed by atoms with Crippen molar-refractivity contribution in [1.82, 2.24) is 14.3 Å². The number of hydrogen-bond donors (Lipinski definition) is 1. The molecule has 3 rings (SSSR count). The highest BCUT2D eigenvalue weighted by Crippen LogP contribution is 2.29. The average molecular weight is 440 g/mol. The lowest BCUT2D eigenvalue weighted by atomic mass is 10.2. The lowest BCUT2D eigenvalue weighted by Crippen LogP contribution is -2.27. The van der Waals surface area contributed by atoms with Gasteiger partial charge < -0.3 is 5.73 Å². The van der Waals surface area contributed by atoms with Crippen LogP contribution in [0.25, 0.3) is 10.4 Å². The molecule has 0 saturated carbocycles. The van der Waals surface area contributed by atoms with Crippen molar-refractivity contribution in [2.45, 2.75) is 18.0 Å². The number of aromatic nitrogens is 3. The van der Waals surface area contributed by atoms with E-state index in [4.69, 9.17) is 5.73 Å². The van der Waals surface area contributed by atoms with Gasteiger partial charge in [0.05, 0.1) is 18.0 Å². The molecule has 2 N–H and O–H groups in total. The highest BCUT2D eigenvalue weighted by Gasteiger charge is 2.12. The summed E-state index contributed by atoms with van der Waals surface area (Å²) in [5, 5.41) is 3.87. The predicted octanol–water partition coefficient (Wildman–Crippen LogP) is 2.33. The Hall–Kier alpha value is -2.63. The summed E-state index contributed by atoms with van der Waals surface area (Å²) < 4.78 is 50.9. The monoisotopic (exact) mass is 440 g/mol. The SMILES string of the molecule is CS(=O)(=O)c1ccc(-c2ccc(Cn3cnn(CC(CN)=C(F)F)c3=O)s2)cc1. The molecule has 154 valence electrons. The zero-order valence-corrected chi connectivity index (χ0v) is 17.0. The first-order valence-corrected chi connectivity index (χ1v) is 11.1. The van der Waals surface area contributed by atoms with Gasteiger partial charge in [0.25, 0.3) is 6.08 Å². The van der Waals surface area contributed by atoms with E-state index in [-0.39, 0.29) is 30.1 Å². The number of halogens is 2. The molecule has 0 spiro atoms. The molecule has 0 bridgehead atoms. The van der Waals surface area contributed by atoms with Crippen LogP contribution in [-0.4, -0.2) is 35.6 Å². The summed E-state index contributed by atoms with van der Waals surface area (Å²) in [4.78, 5) is 14.4. The molecular formula is C18H18F2N4O3S2. The first-order valence-electron chi connectivity index (χ1n) is 8.43. The Labute approximate surface area is 169 Å². The van der Waals surface area contributed by atoms with E-state index >= 15 is 0 Å². The Morgan fingerprint density at radius 3 is 2.45 bits per heavy atom. The van der Waals surface area contributed by atoms with Gasteiger partial charge in [0.1, 0.15) is 6.33 Å². The van der Waals surface area contributed by atoms with Crippen molar-refractivity contribution < 1.29 is 17.2 Å². The third kappa shape index (κ3) is 4.86. The van der Waals surface area contributed by atoms with Gasteiger partial charge in [-0.2, -0.15) is 13.9 Å². The summed E-state index contributed by atoms with van der Waals surface area (Å²) in [7, 11) is -3.26. The number of nitrogens with two attached hydrogens (primary N) is 1. The molecule has 0 fully saturated rings. The van der Waals surface area contributed by atoms with Crippen molar-refractivity contribution in [2.24, 2.45) is 5.73 Å². The molecule has 1 aromatic carbocycles. The van der Waals surface area contributed by atoms with Crippen LogP contribution in [0, 0.1) is 0 Å². The zero-order valence-electron chi connectivity index (χ0n) is 15.4. The minimum absolute atomic E-state index is 0.241. The van der Waals surface area contributed by atoms with Gasteiger partial charge in [-0.3, -0.25) is 4.57 Å². The molecular weight excluding hydrogens is 422 g/mol. The van der Waals surface area contributed by atoms with Crippen LogP contribution in [0.2, 0.25) is 0 Å². The van der Waals surface area contributed by atoms with E-state index in [1.54, 1.807) is 24.3 Å². The molecule has 0 aliphatic heterocycles. The summed E-state index contributed by atoms with van der Waals surface area (Å²) in [5.41, 5.74) is 5.28. The van der Waals surface area contributed by atoms with Gasteiger partial charge in [0, 0.05) is 28.1 Å². The third-order valence-electron chi connectivity index (χ3n) is 4.21. The largest absolute Gasteiger partial charge is 0.346 e. The summed E-state index contributed by atoms with van der Waals surface area (Å²) in [6.07, 6.45) is 0.545. The molecule has 0 unspecified atom stereocenters. The highest BCUT2D eigenvalue weighted by molar-refractivity contribution is 7.90. The summed E-state index contributed by atoms with van der Waals surface area (Å²) in [5.74, 6) is 0. The second kappa shape index (κ2) is 8.39. The van der Waals surface area contributed by atoms with Crippen LogP contribution in [0.5, 0.6) is 0 Å². The smallest absolute Gasteiger partial charge is 0.327 e. The van der Waals surface area contributed by atoms with Crippen molar-refractivity contribution in [3.63, 3.8) is 0 Å². The number of benzene rings is 1. The van der Waals surface area contributed by atoms with Crippen LogP contribution in [0.15, 0.2) is 64.1 Å². The molecule has 3 aromatic rings. The minimum Gasteiger partial charge on any atom is -0.327 e. The fraction of sp³-hybridized carbons (Fsp3) is 0.222. The van der Waals surface area contributed by atoms with Crippen LogP contribution in [0.4, 0.5) is 8.78 Å². The number of thiophene rings is 1. The maximum atomic E-state index is 12.7. The summed E-state index contributed by atoms with van der Waals surface area (Å²) >= 11 is 1.44. The second-order valence-corrected chi connectivity index (χ2v) is 9.51. The van der Waals surface area contributed by atoms with Gasteiger partial charge in [-0.1, -0.05) is 12.1 Å². The second-order valence-electron chi connectivity index (χ2n) is 6.33. The van der Waals surface area contributed by atoms with E-state index in [0.717, 1.165) is 26.3 Å². The van der Waals surface area contributed by atoms with Crippen molar-refractivity contribution in [1.29, 1.82) is 0 Å². The van der Waals surface area contributed by atoms with Gasteiger partial charge >= 0.3 is 5.69 Å². The van der Waals surface area contributed by atoms with Crippen molar-refractivity contribution in [3.05, 3.63) is 69.7 Å². The molecule has 29 heavy (non-hydrogen) atoms. The Morgan fingerprint density at radius 1 is 1.17 bits per heavy atom. The highest BCUT2D eigenvalue weighted by atomic mass is 32.2. The van der Waals surface area contributed by atoms with Crippen molar-refractivity contribution in [2.75, 3.05) is 12.8 Å². The fourth-order valence-corrected chi connectivity index (χ4v) is 4.27. The van der Waals surface area contributed by atoms with Gasteiger partial charge in [0.15, 0.2) is 9.84 Å². The van der Waals surface area contributed by atoms with Crippen LogP contribution >= 0.6 is 11.3 Å². The number of rotatable bonds is 7. The van der Waals surface area contributed by atoms with Crippen LogP contribution < -0.4 is 11.4 Å².